The molecular formula is C18H13Br2NO3. The molecule has 0 unspecified atom stereocenters. The number of fused-ring (bicyclic) bond motifs is 1. The van der Waals surface area contributed by atoms with Crippen molar-refractivity contribution in [3.8, 4) is 0 Å². The molecule has 4 nitrogen and oxygen atoms in total. The van der Waals surface area contributed by atoms with Crippen LogP contribution in [0.25, 0.3) is 11.6 Å². The Bertz CT molecular complexity index is 880. The summed E-state index contributed by atoms with van der Waals surface area (Å²) in [6.07, 6.45) is 1.80. The van der Waals surface area contributed by atoms with Crippen molar-refractivity contribution in [2.45, 2.75) is 6.92 Å². The average molecular weight is 451 g/mol. The van der Waals surface area contributed by atoms with Gasteiger partial charge in [0.15, 0.2) is 0 Å². The first-order chi connectivity index (χ1) is 11.4. The molecule has 1 heterocycles. The molecule has 122 valence electrons. The van der Waals surface area contributed by atoms with Crippen molar-refractivity contribution < 1.29 is 14.3 Å². The first-order valence-corrected chi connectivity index (χ1v) is 8.70. The summed E-state index contributed by atoms with van der Waals surface area (Å²) in [5, 5.41) is 2.81. The molecule has 0 aromatic heterocycles. The molecule has 0 saturated carbocycles. The van der Waals surface area contributed by atoms with Crippen molar-refractivity contribution in [2.75, 3.05) is 12.4 Å². The summed E-state index contributed by atoms with van der Waals surface area (Å²) >= 11 is 7.02. The van der Waals surface area contributed by atoms with E-state index >= 15 is 0 Å². The molecule has 1 aliphatic rings. The van der Waals surface area contributed by atoms with E-state index in [-0.39, 0.29) is 5.91 Å². The Morgan fingerprint density at radius 3 is 2.46 bits per heavy atom. The van der Waals surface area contributed by atoms with Crippen LogP contribution in [0, 0.1) is 6.92 Å². The second-order valence-electron chi connectivity index (χ2n) is 5.37. The standard InChI is InChI=1S/C18H13Br2NO3/c1-9-14(19)6-10(7-15(9)20)5-13-12-8-11(18(23)24-2)3-4-16(12)21-17(13)22/h3-8H,1-2H3,(H,21,22)/b13-5-. The van der Waals surface area contributed by atoms with Crippen LogP contribution in [-0.4, -0.2) is 19.0 Å². The van der Waals surface area contributed by atoms with Crippen LogP contribution in [0.1, 0.15) is 27.0 Å². The zero-order valence-corrected chi connectivity index (χ0v) is 16.1. The van der Waals surface area contributed by atoms with E-state index in [1.807, 2.05) is 19.1 Å². The topological polar surface area (TPSA) is 55.4 Å². The molecule has 2 aromatic carbocycles. The number of ether oxygens (including phenoxy) is 1. The van der Waals surface area contributed by atoms with E-state index in [9.17, 15) is 9.59 Å². The van der Waals surface area contributed by atoms with Crippen molar-refractivity contribution in [1.29, 1.82) is 0 Å². The van der Waals surface area contributed by atoms with E-state index in [1.54, 1.807) is 24.3 Å². The minimum absolute atomic E-state index is 0.195. The van der Waals surface area contributed by atoms with Gasteiger partial charge in [0, 0.05) is 25.8 Å². The second kappa shape index (κ2) is 6.53. The summed E-state index contributed by atoms with van der Waals surface area (Å²) in [6, 6.07) is 8.91. The highest BCUT2D eigenvalue weighted by molar-refractivity contribution is 9.11. The van der Waals surface area contributed by atoms with Crippen molar-refractivity contribution in [3.05, 3.63) is 61.5 Å². The predicted molar refractivity (Wildman–Crippen MR) is 101 cm³/mol. The summed E-state index contributed by atoms with van der Waals surface area (Å²) in [5.41, 5.74) is 4.26. The van der Waals surface area contributed by atoms with Gasteiger partial charge < -0.3 is 10.1 Å². The van der Waals surface area contributed by atoms with Gasteiger partial charge in [-0.2, -0.15) is 0 Å². The summed E-state index contributed by atoms with van der Waals surface area (Å²) in [6.45, 7) is 1.99. The van der Waals surface area contributed by atoms with Crippen LogP contribution in [0.5, 0.6) is 0 Å². The quantitative estimate of drug-likeness (QED) is 0.528. The van der Waals surface area contributed by atoms with Gasteiger partial charge in [0.1, 0.15) is 0 Å². The number of nitrogens with one attached hydrogen (secondary N) is 1. The number of methoxy groups -OCH3 is 1. The third-order valence-electron chi connectivity index (χ3n) is 3.84. The van der Waals surface area contributed by atoms with E-state index < -0.39 is 5.97 Å². The van der Waals surface area contributed by atoms with Crippen LogP contribution in [0.2, 0.25) is 0 Å². The van der Waals surface area contributed by atoms with Gasteiger partial charge >= 0.3 is 5.97 Å². The molecule has 0 aliphatic carbocycles. The van der Waals surface area contributed by atoms with Gasteiger partial charge in [-0.25, -0.2) is 4.79 Å². The molecule has 0 fully saturated rings. The summed E-state index contributed by atoms with van der Waals surface area (Å²) in [4.78, 5) is 24.0. The van der Waals surface area contributed by atoms with E-state index in [0.29, 0.717) is 22.4 Å². The molecule has 0 radical (unpaired) electrons. The maximum Gasteiger partial charge on any atom is 0.337 e. The average Bonchev–Trinajstić information content (AvgIpc) is 2.87. The lowest BCUT2D eigenvalue weighted by Crippen LogP contribution is -2.03. The molecule has 0 bridgehead atoms. The Balaban J connectivity index is 2.10. The lowest BCUT2D eigenvalue weighted by molar-refractivity contribution is -0.110. The van der Waals surface area contributed by atoms with E-state index in [4.69, 9.17) is 4.74 Å². The van der Waals surface area contributed by atoms with Gasteiger partial charge in [0.25, 0.3) is 5.91 Å². The van der Waals surface area contributed by atoms with Crippen molar-refractivity contribution in [2.24, 2.45) is 0 Å². The number of anilines is 1. The summed E-state index contributed by atoms with van der Waals surface area (Å²) in [5.74, 6) is -0.628. The number of hydrogen-bond donors (Lipinski definition) is 1. The third kappa shape index (κ3) is 3.03. The van der Waals surface area contributed by atoms with Crippen molar-refractivity contribution in [1.82, 2.24) is 0 Å². The fraction of sp³-hybridized carbons (Fsp3) is 0.111. The molecule has 6 heteroatoms. The molecule has 24 heavy (non-hydrogen) atoms. The zero-order chi connectivity index (χ0) is 17.4. The molecule has 0 spiro atoms. The predicted octanol–water partition coefficient (Wildman–Crippen LogP) is 4.80. The number of amides is 1. The molecule has 1 aliphatic heterocycles. The van der Waals surface area contributed by atoms with Crippen LogP contribution >= 0.6 is 31.9 Å². The second-order valence-corrected chi connectivity index (χ2v) is 7.08. The Morgan fingerprint density at radius 1 is 1.17 bits per heavy atom. The van der Waals surface area contributed by atoms with Gasteiger partial charge in [0.05, 0.1) is 12.7 Å². The number of rotatable bonds is 2. The van der Waals surface area contributed by atoms with Crippen molar-refractivity contribution >= 4 is 61.1 Å². The number of hydrogen-bond acceptors (Lipinski definition) is 3. The lowest BCUT2D eigenvalue weighted by Gasteiger charge is -2.05. The third-order valence-corrected chi connectivity index (χ3v) is 5.49. The van der Waals surface area contributed by atoms with Crippen LogP contribution in [-0.2, 0) is 9.53 Å². The Kier molecular flexibility index (Phi) is 4.60. The minimum Gasteiger partial charge on any atom is -0.465 e. The minimum atomic E-state index is -0.433. The maximum absolute atomic E-state index is 12.3. The number of carbonyl (C=O) groups is 2. The fourth-order valence-electron chi connectivity index (χ4n) is 2.49. The monoisotopic (exact) mass is 449 g/mol. The highest BCUT2D eigenvalue weighted by Gasteiger charge is 2.25. The molecule has 1 amide bonds. The number of benzene rings is 2. The van der Waals surface area contributed by atoms with Gasteiger partial charge in [-0.1, -0.05) is 31.9 Å². The number of halogens is 2. The van der Waals surface area contributed by atoms with Crippen LogP contribution in [0.4, 0.5) is 5.69 Å². The summed E-state index contributed by atoms with van der Waals surface area (Å²) in [7, 11) is 1.33. The van der Waals surface area contributed by atoms with Gasteiger partial charge in [-0.15, -0.1) is 0 Å². The SMILES string of the molecule is COC(=O)c1ccc2c(c1)/C(=C/c1cc(Br)c(C)c(Br)c1)C(=O)N2. The maximum atomic E-state index is 12.3. The highest BCUT2D eigenvalue weighted by Crippen LogP contribution is 2.35. The molecule has 3 rings (SSSR count). The largest absolute Gasteiger partial charge is 0.465 e. The van der Waals surface area contributed by atoms with Gasteiger partial charge in [-0.3, -0.25) is 4.79 Å². The van der Waals surface area contributed by atoms with E-state index in [1.165, 1.54) is 7.11 Å². The first kappa shape index (κ1) is 16.9. The molecule has 0 saturated heterocycles. The fourth-order valence-corrected chi connectivity index (χ4v) is 3.71. The molecule has 0 atom stereocenters. The summed E-state index contributed by atoms with van der Waals surface area (Å²) < 4.78 is 6.64. The van der Waals surface area contributed by atoms with Crippen LogP contribution < -0.4 is 5.32 Å². The normalized spacial score (nSPS) is 14.5. The highest BCUT2D eigenvalue weighted by atomic mass is 79.9. The Morgan fingerprint density at radius 2 is 1.83 bits per heavy atom. The van der Waals surface area contributed by atoms with Crippen molar-refractivity contribution in [3.63, 3.8) is 0 Å². The molecule has 2 aromatic rings. The first-order valence-electron chi connectivity index (χ1n) is 7.12. The van der Waals surface area contributed by atoms with E-state index in [0.717, 1.165) is 20.1 Å². The number of esters is 1. The molecular weight excluding hydrogens is 438 g/mol. The molecule has 1 N–H and O–H groups in total. The Labute approximate surface area is 156 Å². The van der Waals surface area contributed by atoms with E-state index in [2.05, 4.69) is 37.2 Å². The van der Waals surface area contributed by atoms with Crippen LogP contribution in [0.15, 0.2) is 39.3 Å². The van der Waals surface area contributed by atoms with Gasteiger partial charge in [-0.05, 0) is 54.5 Å². The lowest BCUT2D eigenvalue weighted by atomic mass is 10.0. The zero-order valence-electron chi connectivity index (χ0n) is 12.9. The smallest absolute Gasteiger partial charge is 0.337 e. The number of carbonyl (C=O) groups excluding carboxylic acids is 2. The Hall–Kier alpha value is -1.92. The van der Waals surface area contributed by atoms with Gasteiger partial charge in [0.2, 0.25) is 0 Å². The van der Waals surface area contributed by atoms with Crippen LogP contribution in [0.3, 0.4) is 0 Å².